The van der Waals surface area contributed by atoms with Crippen molar-refractivity contribution in [1.82, 2.24) is 10.2 Å². The van der Waals surface area contributed by atoms with Gasteiger partial charge < -0.3 is 15.0 Å². The van der Waals surface area contributed by atoms with E-state index in [1.165, 1.54) is 24.1 Å². The second kappa shape index (κ2) is 13.8. The number of carbonyl (C=O) groups excluding carboxylic acids is 2. The Morgan fingerprint density at radius 1 is 1.00 bits per heavy atom. The summed E-state index contributed by atoms with van der Waals surface area (Å²) in [5.74, 6) is -0.552. The van der Waals surface area contributed by atoms with Crippen molar-refractivity contribution in [2.75, 3.05) is 18.0 Å². The molecule has 0 heterocycles. The summed E-state index contributed by atoms with van der Waals surface area (Å²) in [6, 6.07) is 19.6. The number of ether oxygens (including phenoxy) is 1. The van der Waals surface area contributed by atoms with Gasteiger partial charge in [-0.15, -0.1) is 0 Å². The van der Waals surface area contributed by atoms with Gasteiger partial charge >= 0.3 is 0 Å². The lowest BCUT2D eigenvalue weighted by atomic mass is 10.1. The average Bonchev–Trinajstić information content (AvgIpc) is 2.94. The van der Waals surface area contributed by atoms with Crippen LogP contribution in [-0.4, -0.2) is 50.9 Å². The summed E-state index contributed by atoms with van der Waals surface area (Å²) in [6.07, 6.45) is 0.731. The smallest absolute Gasteiger partial charge is 0.264 e. The van der Waals surface area contributed by atoms with Crippen molar-refractivity contribution >= 4 is 43.5 Å². The molecule has 3 rings (SSSR count). The van der Waals surface area contributed by atoms with Crippen molar-refractivity contribution < 1.29 is 22.7 Å². The molecule has 8 nitrogen and oxygen atoms in total. The fourth-order valence-electron chi connectivity index (χ4n) is 4.07. The lowest BCUT2D eigenvalue weighted by Gasteiger charge is -2.32. The highest BCUT2D eigenvalue weighted by atomic mass is 79.9. The van der Waals surface area contributed by atoms with Gasteiger partial charge in [0.05, 0.1) is 17.7 Å². The Morgan fingerprint density at radius 2 is 1.68 bits per heavy atom. The Balaban J connectivity index is 2.06. The van der Waals surface area contributed by atoms with Gasteiger partial charge in [-0.25, -0.2) is 8.42 Å². The highest BCUT2D eigenvalue weighted by molar-refractivity contribution is 9.10. The first kappa shape index (κ1) is 31.2. The Hall–Kier alpha value is -3.37. The van der Waals surface area contributed by atoms with E-state index in [1.54, 1.807) is 43.3 Å². The van der Waals surface area contributed by atoms with Crippen LogP contribution in [0.5, 0.6) is 5.75 Å². The molecule has 2 atom stereocenters. The van der Waals surface area contributed by atoms with E-state index >= 15 is 0 Å². The van der Waals surface area contributed by atoms with E-state index in [-0.39, 0.29) is 29.1 Å². The molecule has 0 aliphatic rings. The van der Waals surface area contributed by atoms with E-state index in [0.29, 0.717) is 5.75 Å². The van der Waals surface area contributed by atoms with Crippen molar-refractivity contribution in [3.05, 3.63) is 88.4 Å². The number of methoxy groups -OCH3 is 1. The van der Waals surface area contributed by atoms with Crippen molar-refractivity contribution in [2.45, 2.75) is 57.6 Å². The van der Waals surface area contributed by atoms with Crippen LogP contribution in [0.1, 0.15) is 38.3 Å². The van der Waals surface area contributed by atoms with Gasteiger partial charge in [-0.05, 0) is 69.2 Å². The zero-order valence-electron chi connectivity index (χ0n) is 23.4. The van der Waals surface area contributed by atoms with Gasteiger partial charge in [-0.2, -0.15) is 0 Å². The second-order valence-electron chi connectivity index (χ2n) is 9.64. The zero-order chi connectivity index (χ0) is 29.4. The Bertz CT molecular complexity index is 1430. The highest BCUT2D eigenvalue weighted by Crippen LogP contribution is 2.32. The molecule has 1 N–H and O–H groups in total. The number of benzene rings is 3. The number of amides is 2. The lowest BCUT2D eigenvalue weighted by molar-refractivity contribution is -0.139. The molecule has 3 aromatic carbocycles. The molecule has 0 fully saturated rings. The minimum absolute atomic E-state index is 0.0397. The monoisotopic (exact) mass is 629 g/mol. The number of halogens is 1. The molecule has 0 spiro atoms. The van der Waals surface area contributed by atoms with Crippen molar-refractivity contribution in [1.29, 1.82) is 0 Å². The van der Waals surface area contributed by atoms with E-state index in [4.69, 9.17) is 4.74 Å². The topological polar surface area (TPSA) is 96.0 Å². The molecule has 0 saturated heterocycles. The summed E-state index contributed by atoms with van der Waals surface area (Å²) in [7, 11) is -2.74. The first-order valence-corrected chi connectivity index (χ1v) is 15.3. The van der Waals surface area contributed by atoms with E-state index in [0.717, 1.165) is 26.3 Å². The minimum Gasteiger partial charge on any atom is -0.495 e. The predicted molar refractivity (Wildman–Crippen MR) is 161 cm³/mol. The van der Waals surface area contributed by atoms with E-state index in [9.17, 15) is 18.0 Å². The Morgan fingerprint density at radius 3 is 2.30 bits per heavy atom. The quantitative estimate of drug-likeness (QED) is 0.294. The molecular weight excluding hydrogens is 594 g/mol. The number of hydrogen-bond donors (Lipinski definition) is 1. The van der Waals surface area contributed by atoms with E-state index < -0.39 is 28.5 Å². The number of para-hydroxylation sites is 2. The van der Waals surface area contributed by atoms with Gasteiger partial charge in [-0.1, -0.05) is 64.8 Å². The summed E-state index contributed by atoms with van der Waals surface area (Å²) in [6.45, 7) is 6.94. The van der Waals surface area contributed by atoms with Gasteiger partial charge in [0.25, 0.3) is 10.0 Å². The van der Waals surface area contributed by atoms with E-state index in [1.807, 2.05) is 45.0 Å². The fraction of sp³-hybridized carbons (Fsp3) is 0.333. The lowest BCUT2D eigenvalue weighted by Crippen LogP contribution is -2.52. The molecule has 2 amide bonds. The molecule has 40 heavy (non-hydrogen) atoms. The van der Waals surface area contributed by atoms with Gasteiger partial charge in [0.15, 0.2) is 0 Å². The number of carbonyl (C=O) groups is 2. The van der Waals surface area contributed by atoms with E-state index in [2.05, 4.69) is 21.2 Å². The molecule has 0 bridgehead atoms. The summed E-state index contributed by atoms with van der Waals surface area (Å²) >= 11 is 3.46. The van der Waals surface area contributed by atoms with Crippen LogP contribution in [0.4, 0.5) is 5.69 Å². The van der Waals surface area contributed by atoms with Crippen molar-refractivity contribution in [3.8, 4) is 5.75 Å². The summed E-state index contributed by atoms with van der Waals surface area (Å²) in [5.41, 5.74) is 1.91. The van der Waals surface area contributed by atoms with Gasteiger partial charge in [0.1, 0.15) is 18.3 Å². The maximum Gasteiger partial charge on any atom is 0.264 e. The maximum atomic E-state index is 14.0. The maximum absolute atomic E-state index is 14.0. The third-order valence-corrected chi connectivity index (χ3v) is 8.92. The first-order valence-electron chi connectivity index (χ1n) is 13.0. The Labute approximate surface area is 245 Å². The van der Waals surface area contributed by atoms with Gasteiger partial charge in [0, 0.05) is 17.1 Å². The second-order valence-corrected chi connectivity index (χ2v) is 12.4. The summed E-state index contributed by atoms with van der Waals surface area (Å²) < 4.78 is 35.3. The summed E-state index contributed by atoms with van der Waals surface area (Å²) in [5, 5.41) is 2.93. The van der Waals surface area contributed by atoms with Crippen LogP contribution in [0.3, 0.4) is 0 Å². The number of hydrogen-bond acceptors (Lipinski definition) is 5. The first-order chi connectivity index (χ1) is 19.0. The average molecular weight is 631 g/mol. The molecule has 0 aromatic heterocycles. The Kier molecular flexibility index (Phi) is 10.8. The number of anilines is 1. The summed E-state index contributed by atoms with van der Waals surface area (Å²) in [4.78, 5) is 28.6. The fourth-order valence-corrected chi connectivity index (χ4v) is 5.94. The standard InChI is InChI=1S/C30H36BrN3O5S/c1-6-22(3)32-30(36)23(4)33(19-24-10-9-11-25(31)18-24)29(35)20-34(27-12-7-8-13-28(27)39-5)40(37,38)26-16-14-21(2)15-17-26/h7-18,22-23H,6,19-20H2,1-5H3,(H,32,36)/t22-,23+/m1/s1. The third kappa shape index (κ3) is 7.63. The number of nitrogens with one attached hydrogen (secondary N) is 1. The van der Waals surface area contributed by atoms with Crippen LogP contribution in [0.2, 0.25) is 0 Å². The molecule has 0 radical (unpaired) electrons. The van der Waals surface area contributed by atoms with Crippen LogP contribution in [0.15, 0.2) is 82.2 Å². The van der Waals surface area contributed by atoms with Crippen molar-refractivity contribution in [3.63, 3.8) is 0 Å². The van der Waals surface area contributed by atoms with Crippen LogP contribution in [-0.2, 0) is 26.2 Å². The number of rotatable bonds is 12. The molecule has 3 aromatic rings. The molecular formula is C30H36BrN3O5S. The molecule has 10 heteroatoms. The predicted octanol–water partition coefficient (Wildman–Crippen LogP) is 5.29. The molecule has 0 aliphatic heterocycles. The van der Waals surface area contributed by atoms with Gasteiger partial charge in [0.2, 0.25) is 11.8 Å². The van der Waals surface area contributed by atoms with Crippen LogP contribution >= 0.6 is 15.9 Å². The largest absolute Gasteiger partial charge is 0.495 e. The SMILES string of the molecule is CC[C@@H](C)NC(=O)[C@H](C)N(Cc1cccc(Br)c1)C(=O)CN(c1ccccc1OC)S(=O)(=O)c1ccc(C)cc1. The minimum atomic E-state index is -4.18. The molecule has 0 aliphatic carbocycles. The molecule has 214 valence electrons. The molecule has 0 unspecified atom stereocenters. The number of aryl methyl sites for hydroxylation is 1. The highest BCUT2D eigenvalue weighted by Gasteiger charge is 2.34. The van der Waals surface area contributed by atoms with Crippen LogP contribution in [0, 0.1) is 6.92 Å². The molecule has 0 saturated carbocycles. The van der Waals surface area contributed by atoms with Gasteiger partial charge in [-0.3, -0.25) is 13.9 Å². The van der Waals surface area contributed by atoms with Crippen LogP contribution in [0.25, 0.3) is 0 Å². The number of nitrogens with zero attached hydrogens (tertiary/aromatic N) is 2. The van der Waals surface area contributed by atoms with Crippen molar-refractivity contribution in [2.24, 2.45) is 0 Å². The third-order valence-electron chi connectivity index (χ3n) is 6.65. The zero-order valence-corrected chi connectivity index (χ0v) is 25.8. The number of sulfonamides is 1. The normalized spacial score (nSPS) is 12.8. The van der Waals surface area contributed by atoms with Crippen LogP contribution < -0.4 is 14.4 Å².